The molecule has 0 atom stereocenters. The van der Waals surface area contributed by atoms with Crippen molar-refractivity contribution < 1.29 is 40.8 Å². The zero-order valence-corrected chi connectivity index (χ0v) is 8.09. The van der Waals surface area contributed by atoms with Gasteiger partial charge in [-0.1, -0.05) is 6.92 Å². The van der Waals surface area contributed by atoms with Gasteiger partial charge in [-0.05, 0) is 6.42 Å². The SMILES string of the molecule is CCCOCCOS(=O)(=O)[O-].[Li+]. The average Bonchev–Trinajstić information content (AvgIpc) is 1.85. The van der Waals surface area contributed by atoms with Crippen molar-refractivity contribution in [3.05, 3.63) is 0 Å². The molecule has 5 nitrogen and oxygen atoms in total. The van der Waals surface area contributed by atoms with E-state index in [4.69, 9.17) is 4.74 Å². The molecule has 0 spiro atoms. The van der Waals surface area contributed by atoms with Gasteiger partial charge in [0, 0.05) is 6.61 Å². The molecule has 0 aromatic heterocycles. The Morgan fingerprint density at radius 1 is 1.25 bits per heavy atom. The summed E-state index contributed by atoms with van der Waals surface area (Å²) in [5.74, 6) is 0. The van der Waals surface area contributed by atoms with E-state index >= 15 is 0 Å². The molecular weight excluding hydrogens is 179 g/mol. The van der Waals surface area contributed by atoms with Gasteiger partial charge in [-0.3, -0.25) is 4.18 Å². The molecule has 0 aliphatic heterocycles. The Labute approximate surface area is 84.6 Å². The van der Waals surface area contributed by atoms with Gasteiger partial charge in [0.25, 0.3) is 0 Å². The molecule has 0 aliphatic rings. The van der Waals surface area contributed by atoms with Crippen molar-refractivity contribution in [2.75, 3.05) is 19.8 Å². The topological polar surface area (TPSA) is 75.7 Å². The summed E-state index contributed by atoms with van der Waals surface area (Å²) in [6.07, 6.45) is 0.851. The van der Waals surface area contributed by atoms with Crippen LogP contribution in [-0.2, 0) is 19.3 Å². The van der Waals surface area contributed by atoms with Crippen LogP contribution < -0.4 is 18.9 Å². The molecular formula is C5H11LiO5S. The summed E-state index contributed by atoms with van der Waals surface area (Å²) in [7, 11) is -4.54. The van der Waals surface area contributed by atoms with Gasteiger partial charge < -0.3 is 9.29 Å². The summed E-state index contributed by atoms with van der Waals surface area (Å²) in [5.41, 5.74) is 0. The minimum atomic E-state index is -4.54. The normalized spacial score (nSPS) is 10.8. The summed E-state index contributed by atoms with van der Waals surface area (Å²) < 4.78 is 38.2. The Bertz CT molecular complexity index is 178. The average molecular weight is 190 g/mol. The van der Waals surface area contributed by atoms with E-state index in [2.05, 4.69) is 4.18 Å². The molecule has 0 rings (SSSR count). The van der Waals surface area contributed by atoms with E-state index in [1.807, 2.05) is 6.92 Å². The van der Waals surface area contributed by atoms with Crippen LogP contribution >= 0.6 is 0 Å². The van der Waals surface area contributed by atoms with Gasteiger partial charge in [-0.2, -0.15) is 0 Å². The van der Waals surface area contributed by atoms with Gasteiger partial charge in [-0.15, -0.1) is 0 Å². The van der Waals surface area contributed by atoms with Crippen LogP contribution in [0.1, 0.15) is 13.3 Å². The number of hydrogen-bond acceptors (Lipinski definition) is 5. The van der Waals surface area contributed by atoms with E-state index in [-0.39, 0.29) is 32.1 Å². The minimum Gasteiger partial charge on any atom is -0.726 e. The summed E-state index contributed by atoms with van der Waals surface area (Å²) in [6, 6.07) is 0. The summed E-state index contributed by atoms with van der Waals surface area (Å²) >= 11 is 0. The zero-order chi connectivity index (χ0) is 8.74. The standard InChI is InChI=1S/C5H12O5S.Li/c1-2-3-9-4-5-10-11(6,7)8;/h2-5H2,1H3,(H,6,7,8);/q;+1/p-1. The Balaban J connectivity index is 0. The molecule has 0 saturated carbocycles. The van der Waals surface area contributed by atoms with Gasteiger partial charge in [0.05, 0.1) is 13.2 Å². The minimum absolute atomic E-state index is 0. The van der Waals surface area contributed by atoms with Crippen LogP contribution in [0, 0.1) is 0 Å². The maximum atomic E-state index is 9.83. The third-order valence-electron chi connectivity index (χ3n) is 0.804. The first-order valence-electron chi connectivity index (χ1n) is 3.24. The number of ether oxygens (including phenoxy) is 1. The summed E-state index contributed by atoms with van der Waals surface area (Å²) in [4.78, 5) is 0. The van der Waals surface area contributed by atoms with Gasteiger partial charge in [0.2, 0.25) is 10.4 Å². The predicted molar refractivity (Wildman–Crippen MR) is 36.8 cm³/mol. The second-order valence-corrected chi connectivity index (χ2v) is 2.89. The van der Waals surface area contributed by atoms with Crippen molar-refractivity contribution in [1.82, 2.24) is 0 Å². The molecule has 0 aliphatic carbocycles. The molecule has 68 valence electrons. The Kier molecular flexibility index (Phi) is 10.0. The van der Waals surface area contributed by atoms with E-state index in [1.54, 1.807) is 0 Å². The maximum Gasteiger partial charge on any atom is 1.00 e. The van der Waals surface area contributed by atoms with Crippen LogP contribution in [0.2, 0.25) is 0 Å². The Morgan fingerprint density at radius 2 is 1.83 bits per heavy atom. The second kappa shape index (κ2) is 8.05. The van der Waals surface area contributed by atoms with Crippen LogP contribution in [-0.4, -0.2) is 32.8 Å². The van der Waals surface area contributed by atoms with Crippen LogP contribution in [0.15, 0.2) is 0 Å². The molecule has 7 heteroatoms. The van der Waals surface area contributed by atoms with Crippen LogP contribution in [0.4, 0.5) is 0 Å². The molecule has 0 heterocycles. The second-order valence-electron chi connectivity index (χ2n) is 1.84. The van der Waals surface area contributed by atoms with E-state index in [1.165, 1.54) is 0 Å². The first-order valence-corrected chi connectivity index (χ1v) is 4.57. The van der Waals surface area contributed by atoms with Crippen LogP contribution in [0.5, 0.6) is 0 Å². The molecule has 12 heavy (non-hydrogen) atoms. The zero-order valence-electron chi connectivity index (χ0n) is 7.28. The Hall–Kier alpha value is 0.427. The molecule has 0 amide bonds. The van der Waals surface area contributed by atoms with Crippen molar-refractivity contribution in [2.24, 2.45) is 0 Å². The van der Waals surface area contributed by atoms with Crippen LogP contribution in [0.25, 0.3) is 0 Å². The van der Waals surface area contributed by atoms with Gasteiger partial charge in [-0.25, -0.2) is 8.42 Å². The molecule has 0 aromatic rings. The summed E-state index contributed by atoms with van der Waals surface area (Å²) in [6.45, 7) is 2.40. The maximum absolute atomic E-state index is 9.83. The van der Waals surface area contributed by atoms with E-state index in [9.17, 15) is 13.0 Å². The Morgan fingerprint density at radius 3 is 2.25 bits per heavy atom. The van der Waals surface area contributed by atoms with Crippen molar-refractivity contribution in [3.63, 3.8) is 0 Å². The number of rotatable bonds is 6. The molecule has 0 N–H and O–H groups in total. The molecule has 0 bridgehead atoms. The fourth-order valence-corrected chi connectivity index (χ4v) is 0.714. The fraction of sp³-hybridized carbons (Fsp3) is 1.00. The molecule has 0 aromatic carbocycles. The first kappa shape index (κ1) is 14.9. The molecule has 0 saturated heterocycles. The van der Waals surface area contributed by atoms with Gasteiger partial charge in [0.1, 0.15) is 0 Å². The number of hydrogen-bond donors (Lipinski definition) is 0. The van der Waals surface area contributed by atoms with Crippen LogP contribution in [0.3, 0.4) is 0 Å². The van der Waals surface area contributed by atoms with Gasteiger partial charge in [0.15, 0.2) is 0 Å². The van der Waals surface area contributed by atoms with E-state index in [0.717, 1.165) is 6.42 Å². The summed E-state index contributed by atoms with van der Waals surface area (Å²) in [5, 5.41) is 0. The van der Waals surface area contributed by atoms with Crippen molar-refractivity contribution in [2.45, 2.75) is 13.3 Å². The molecule has 0 fully saturated rings. The monoisotopic (exact) mass is 190 g/mol. The van der Waals surface area contributed by atoms with Crippen molar-refractivity contribution >= 4 is 10.4 Å². The quantitative estimate of drug-likeness (QED) is 0.192. The third kappa shape index (κ3) is 13.0. The molecule has 0 unspecified atom stereocenters. The molecule has 0 radical (unpaired) electrons. The predicted octanol–water partition coefficient (Wildman–Crippen LogP) is -3.11. The van der Waals surface area contributed by atoms with Gasteiger partial charge >= 0.3 is 18.9 Å². The first-order chi connectivity index (χ1) is 5.06. The van der Waals surface area contributed by atoms with Crippen molar-refractivity contribution in [1.29, 1.82) is 0 Å². The van der Waals surface area contributed by atoms with E-state index in [0.29, 0.717) is 6.61 Å². The third-order valence-corrected chi connectivity index (χ3v) is 1.26. The van der Waals surface area contributed by atoms with E-state index < -0.39 is 10.4 Å². The largest absolute Gasteiger partial charge is 1.00 e. The van der Waals surface area contributed by atoms with Crippen molar-refractivity contribution in [3.8, 4) is 0 Å². The fourth-order valence-electron chi connectivity index (χ4n) is 0.441. The smallest absolute Gasteiger partial charge is 0.726 e.